The van der Waals surface area contributed by atoms with Crippen LogP contribution in [0.25, 0.3) is 6.08 Å². The lowest BCUT2D eigenvalue weighted by Crippen LogP contribution is -2.19. The van der Waals surface area contributed by atoms with Gasteiger partial charge in [-0.2, -0.15) is 0 Å². The van der Waals surface area contributed by atoms with Gasteiger partial charge < -0.3 is 19.5 Å². The lowest BCUT2D eigenvalue weighted by molar-refractivity contribution is -0.115. The van der Waals surface area contributed by atoms with Crippen LogP contribution in [0.5, 0.6) is 17.2 Å². The summed E-state index contributed by atoms with van der Waals surface area (Å²) in [4.78, 5) is 17.2. The highest BCUT2D eigenvalue weighted by Crippen LogP contribution is 2.32. The third-order valence-corrected chi connectivity index (χ3v) is 4.59. The standard InChI is InChI=1S/C19H18N2O4S/c1-23-14-6-4-13(5-7-14)20-19-21-18(22)17(26-19)11-12-10-15(24-2)8-9-16(12)25-3/h4-11H,1-3H3,(H,20,21,22)/b17-11+. The summed E-state index contributed by atoms with van der Waals surface area (Å²) in [5.41, 5.74) is 1.49. The fraction of sp³-hybridized carbons (Fsp3) is 0.158. The summed E-state index contributed by atoms with van der Waals surface area (Å²) in [7, 11) is 4.79. The van der Waals surface area contributed by atoms with Crippen molar-refractivity contribution in [1.82, 2.24) is 5.32 Å². The fourth-order valence-electron chi connectivity index (χ4n) is 2.35. The summed E-state index contributed by atoms with van der Waals surface area (Å²) in [6, 6.07) is 12.7. The number of ether oxygens (including phenoxy) is 3. The SMILES string of the molecule is COc1ccc(N=C2NC(=O)/C(=C\c3cc(OC)ccc3OC)S2)cc1. The number of methoxy groups -OCH3 is 3. The van der Waals surface area contributed by atoms with Gasteiger partial charge in [-0.25, -0.2) is 4.99 Å². The van der Waals surface area contributed by atoms with Crippen molar-refractivity contribution < 1.29 is 19.0 Å². The number of rotatable bonds is 5. The molecule has 3 rings (SSSR count). The number of amidine groups is 1. The summed E-state index contributed by atoms with van der Waals surface area (Å²) in [6.07, 6.45) is 1.76. The topological polar surface area (TPSA) is 69.2 Å². The van der Waals surface area contributed by atoms with Crippen LogP contribution in [0.2, 0.25) is 0 Å². The first-order chi connectivity index (χ1) is 12.6. The van der Waals surface area contributed by atoms with E-state index in [2.05, 4.69) is 10.3 Å². The minimum absolute atomic E-state index is 0.202. The lowest BCUT2D eigenvalue weighted by Gasteiger charge is -2.07. The van der Waals surface area contributed by atoms with Crippen LogP contribution in [0.1, 0.15) is 5.56 Å². The minimum Gasteiger partial charge on any atom is -0.497 e. The van der Waals surface area contributed by atoms with Crippen LogP contribution in [0.3, 0.4) is 0 Å². The molecule has 0 aliphatic carbocycles. The predicted molar refractivity (Wildman–Crippen MR) is 103 cm³/mol. The van der Waals surface area contributed by atoms with E-state index < -0.39 is 0 Å². The van der Waals surface area contributed by atoms with Gasteiger partial charge in [0.05, 0.1) is 31.9 Å². The third kappa shape index (κ3) is 4.00. The molecular weight excluding hydrogens is 352 g/mol. The molecule has 0 saturated carbocycles. The maximum atomic E-state index is 12.3. The number of amides is 1. The van der Waals surface area contributed by atoms with Gasteiger partial charge in [0, 0.05) is 5.56 Å². The molecule has 0 bridgehead atoms. The molecule has 1 amide bonds. The van der Waals surface area contributed by atoms with Crippen LogP contribution < -0.4 is 19.5 Å². The summed E-state index contributed by atoms with van der Waals surface area (Å²) in [5, 5.41) is 3.29. The van der Waals surface area contributed by atoms with Crippen molar-refractivity contribution in [1.29, 1.82) is 0 Å². The van der Waals surface area contributed by atoms with E-state index >= 15 is 0 Å². The summed E-state index contributed by atoms with van der Waals surface area (Å²) >= 11 is 1.27. The van der Waals surface area contributed by atoms with E-state index in [4.69, 9.17) is 14.2 Å². The molecule has 0 atom stereocenters. The van der Waals surface area contributed by atoms with E-state index in [1.165, 1.54) is 11.8 Å². The van der Waals surface area contributed by atoms with Crippen molar-refractivity contribution in [3.63, 3.8) is 0 Å². The van der Waals surface area contributed by atoms with E-state index in [1.54, 1.807) is 39.5 Å². The van der Waals surface area contributed by atoms with E-state index in [0.29, 0.717) is 21.6 Å². The first-order valence-corrected chi connectivity index (χ1v) is 8.60. The Bertz CT molecular complexity index is 876. The quantitative estimate of drug-likeness (QED) is 0.815. The number of hydrogen-bond donors (Lipinski definition) is 1. The number of carbonyl (C=O) groups excluding carboxylic acids is 1. The summed E-state index contributed by atoms with van der Waals surface area (Å²) < 4.78 is 15.7. The van der Waals surface area contributed by atoms with Gasteiger partial charge in [-0.1, -0.05) is 0 Å². The number of thioether (sulfide) groups is 1. The van der Waals surface area contributed by atoms with Crippen molar-refractivity contribution in [2.75, 3.05) is 21.3 Å². The van der Waals surface area contributed by atoms with Crippen LogP contribution >= 0.6 is 11.8 Å². The molecule has 7 heteroatoms. The largest absolute Gasteiger partial charge is 0.497 e. The Hall–Kier alpha value is -2.93. The Kier molecular flexibility index (Phi) is 5.48. The monoisotopic (exact) mass is 370 g/mol. The van der Waals surface area contributed by atoms with Gasteiger partial charge >= 0.3 is 0 Å². The van der Waals surface area contributed by atoms with Gasteiger partial charge in [-0.3, -0.25) is 4.79 Å². The van der Waals surface area contributed by atoms with Gasteiger partial charge in [-0.05, 0) is 60.3 Å². The molecule has 6 nitrogen and oxygen atoms in total. The van der Waals surface area contributed by atoms with E-state index in [1.807, 2.05) is 30.3 Å². The number of aliphatic imine (C=N–C) groups is 1. The molecule has 1 aliphatic rings. The van der Waals surface area contributed by atoms with Crippen LogP contribution in [0.15, 0.2) is 52.4 Å². The Morgan fingerprint density at radius 3 is 2.31 bits per heavy atom. The number of nitrogens with one attached hydrogen (secondary N) is 1. The molecule has 2 aromatic rings. The van der Waals surface area contributed by atoms with E-state index in [9.17, 15) is 4.79 Å². The maximum absolute atomic E-state index is 12.3. The average molecular weight is 370 g/mol. The van der Waals surface area contributed by atoms with Crippen LogP contribution in [0.4, 0.5) is 5.69 Å². The van der Waals surface area contributed by atoms with Gasteiger partial charge in [-0.15, -0.1) is 0 Å². The molecule has 0 spiro atoms. The zero-order chi connectivity index (χ0) is 18.5. The summed E-state index contributed by atoms with van der Waals surface area (Å²) in [5.74, 6) is 1.90. The Labute approximate surface area is 155 Å². The normalized spacial score (nSPS) is 16.7. The molecular formula is C19H18N2O4S. The van der Waals surface area contributed by atoms with E-state index in [0.717, 1.165) is 17.0 Å². The van der Waals surface area contributed by atoms with Crippen LogP contribution in [-0.2, 0) is 4.79 Å². The predicted octanol–water partition coefficient (Wildman–Crippen LogP) is 3.60. The van der Waals surface area contributed by atoms with Gasteiger partial charge in [0.1, 0.15) is 17.2 Å². The zero-order valence-corrected chi connectivity index (χ0v) is 15.4. The molecule has 0 aromatic heterocycles. The Morgan fingerprint density at radius 1 is 0.962 bits per heavy atom. The molecule has 1 aliphatic heterocycles. The molecule has 1 N–H and O–H groups in total. The first-order valence-electron chi connectivity index (χ1n) is 7.78. The number of carbonyl (C=O) groups is 1. The second kappa shape index (κ2) is 7.97. The minimum atomic E-state index is -0.202. The molecule has 0 unspecified atom stereocenters. The van der Waals surface area contributed by atoms with Crippen LogP contribution in [0, 0.1) is 0 Å². The highest BCUT2D eigenvalue weighted by Gasteiger charge is 2.24. The van der Waals surface area contributed by atoms with Crippen molar-refractivity contribution in [2.24, 2.45) is 4.99 Å². The van der Waals surface area contributed by atoms with Crippen LogP contribution in [-0.4, -0.2) is 32.4 Å². The number of benzene rings is 2. The molecule has 2 aromatic carbocycles. The summed E-state index contributed by atoms with van der Waals surface area (Å²) in [6.45, 7) is 0. The zero-order valence-electron chi connectivity index (χ0n) is 14.6. The number of hydrogen-bond acceptors (Lipinski definition) is 6. The Balaban J connectivity index is 1.85. The highest BCUT2D eigenvalue weighted by atomic mass is 32.2. The lowest BCUT2D eigenvalue weighted by atomic mass is 10.1. The molecule has 1 saturated heterocycles. The fourth-order valence-corrected chi connectivity index (χ4v) is 3.18. The van der Waals surface area contributed by atoms with Gasteiger partial charge in [0.2, 0.25) is 0 Å². The molecule has 1 heterocycles. The van der Waals surface area contributed by atoms with Crippen molar-refractivity contribution >= 4 is 34.6 Å². The van der Waals surface area contributed by atoms with Crippen molar-refractivity contribution in [3.05, 3.63) is 52.9 Å². The van der Waals surface area contributed by atoms with Crippen molar-refractivity contribution in [2.45, 2.75) is 0 Å². The smallest absolute Gasteiger partial charge is 0.264 e. The first kappa shape index (κ1) is 17.9. The highest BCUT2D eigenvalue weighted by molar-refractivity contribution is 8.18. The van der Waals surface area contributed by atoms with E-state index in [-0.39, 0.29) is 5.91 Å². The second-order valence-corrected chi connectivity index (χ2v) is 6.32. The molecule has 1 fully saturated rings. The number of nitrogens with zero attached hydrogens (tertiary/aromatic N) is 1. The van der Waals surface area contributed by atoms with Gasteiger partial charge in [0.15, 0.2) is 5.17 Å². The van der Waals surface area contributed by atoms with Gasteiger partial charge in [0.25, 0.3) is 5.91 Å². The maximum Gasteiger partial charge on any atom is 0.264 e. The second-order valence-electron chi connectivity index (χ2n) is 5.29. The Morgan fingerprint density at radius 2 is 1.65 bits per heavy atom. The molecule has 134 valence electrons. The molecule has 26 heavy (non-hydrogen) atoms. The van der Waals surface area contributed by atoms with Crippen molar-refractivity contribution in [3.8, 4) is 17.2 Å². The average Bonchev–Trinajstić information content (AvgIpc) is 3.01. The third-order valence-electron chi connectivity index (χ3n) is 3.68. The molecule has 0 radical (unpaired) electrons.